The molecule has 0 radical (unpaired) electrons. The third-order valence-electron chi connectivity index (χ3n) is 0.373. The fourth-order valence-corrected chi connectivity index (χ4v) is 3.59. The van der Waals surface area contributed by atoms with Crippen LogP contribution in [0.2, 0.25) is 0 Å². The molecule has 0 spiro atoms. The second-order valence-electron chi connectivity index (χ2n) is 1.07. The highest BCUT2D eigenvalue weighted by Gasteiger charge is 2.20. The molecule has 0 aliphatic heterocycles. The van der Waals surface area contributed by atoms with Gasteiger partial charge in [-0.1, -0.05) is 0 Å². The molecule has 0 amide bonds. The van der Waals surface area contributed by atoms with Gasteiger partial charge in [0, 0.05) is 0 Å². The van der Waals surface area contributed by atoms with Crippen molar-refractivity contribution in [3.63, 3.8) is 0 Å². The molecule has 0 aromatic heterocycles. The smallest absolute Gasteiger partial charge is 0.276 e. The molecular formula is CH4O6S3. The average Bonchev–Trinajstić information content (AvgIpc) is 1.60. The van der Waals surface area contributed by atoms with E-state index in [1.807, 2.05) is 0 Å². The van der Waals surface area contributed by atoms with Crippen molar-refractivity contribution in [1.82, 2.24) is 0 Å². The van der Waals surface area contributed by atoms with Crippen molar-refractivity contribution in [2.45, 2.75) is 0 Å². The number of hydrogen-bond donors (Lipinski definition) is 1. The highest BCUT2D eigenvalue weighted by atomic mass is 33.5. The molecule has 0 bridgehead atoms. The molecule has 9 heteroatoms. The Morgan fingerprint density at radius 2 is 1.70 bits per heavy atom. The molecule has 0 aliphatic carbocycles. The van der Waals surface area contributed by atoms with Crippen molar-refractivity contribution in [2.75, 3.05) is 7.11 Å². The minimum Gasteiger partial charge on any atom is -0.276 e. The summed E-state index contributed by atoms with van der Waals surface area (Å²) in [5.41, 5.74) is 0. The molecule has 6 nitrogen and oxygen atoms in total. The first-order valence-electron chi connectivity index (χ1n) is 1.76. The Hall–Kier alpha value is 0.170. The molecule has 0 heterocycles. The van der Waals surface area contributed by atoms with Gasteiger partial charge in [0.2, 0.25) is 0 Å². The summed E-state index contributed by atoms with van der Waals surface area (Å²) in [4.78, 5) is 0. The zero-order valence-electron chi connectivity index (χ0n) is 4.71. The number of hydrogen-bond acceptors (Lipinski definition) is 6. The van der Waals surface area contributed by atoms with Crippen LogP contribution in [0.25, 0.3) is 0 Å². The monoisotopic (exact) mass is 208 g/mol. The molecular weight excluding hydrogens is 204 g/mol. The molecule has 0 fully saturated rings. The fourth-order valence-electron chi connectivity index (χ4n) is 0.133. The standard InChI is InChI=1S/CH4O6S3/c1-7-10(5,6)8-9(2,3)4/h1H3,(H,2,3,4). The van der Waals surface area contributed by atoms with E-state index >= 15 is 0 Å². The van der Waals surface area contributed by atoms with E-state index in [9.17, 15) is 16.8 Å². The minimum atomic E-state index is -4.59. The van der Waals surface area contributed by atoms with Gasteiger partial charge in [-0.15, -0.1) is 0 Å². The van der Waals surface area contributed by atoms with Crippen molar-refractivity contribution in [2.24, 2.45) is 0 Å². The molecule has 0 rings (SSSR count). The van der Waals surface area contributed by atoms with E-state index < -0.39 is 28.1 Å². The Bertz CT molecular complexity index is 281. The van der Waals surface area contributed by atoms with Gasteiger partial charge in [-0.3, -0.25) is 8.74 Å². The zero-order chi connectivity index (χ0) is 8.41. The predicted molar refractivity (Wildman–Crippen MR) is 35.1 cm³/mol. The van der Waals surface area contributed by atoms with E-state index in [0.717, 1.165) is 7.11 Å². The normalized spacial score (nSPS) is 13.4. The molecule has 0 unspecified atom stereocenters. The van der Waals surface area contributed by atoms with Crippen LogP contribution in [0.3, 0.4) is 0 Å². The average molecular weight is 208 g/mol. The lowest BCUT2D eigenvalue weighted by atomic mass is 11.8. The van der Waals surface area contributed by atoms with E-state index in [-0.39, 0.29) is 0 Å². The van der Waals surface area contributed by atoms with Crippen LogP contribution in [0.15, 0.2) is 0 Å². The molecule has 1 N–H and O–H groups in total. The maximum Gasteiger partial charge on any atom is 0.338 e. The van der Waals surface area contributed by atoms with Gasteiger partial charge in [-0.2, -0.15) is 16.8 Å². The van der Waals surface area contributed by atoms with Gasteiger partial charge in [0.25, 0.3) is 0 Å². The molecule has 0 aromatic carbocycles. The summed E-state index contributed by atoms with van der Waals surface area (Å²) in [5, 5.41) is 0. The van der Waals surface area contributed by atoms with Crippen LogP contribution in [0.1, 0.15) is 0 Å². The SMILES string of the molecule is COS(=O)(=O)SS(=O)(=O)O. The maximum absolute atomic E-state index is 10.2. The molecule has 0 aromatic rings. The first-order valence-corrected chi connectivity index (χ1v) is 6.46. The maximum atomic E-state index is 10.2. The predicted octanol–water partition coefficient (Wildman–Crippen LogP) is -0.586. The van der Waals surface area contributed by atoms with Crippen molar-refractivity contribution in [1.29, 1.82) is 0 Å². The molecule has 0 saturated heterocycles. The van der Waals surface area contributed by atoms with Crippen LogP contribution >= 0.6 is 9.83 Å². The fraction of sp³-hybridized carbons (Fsp3) is 1.00. The second kappa shape index (κ2) is 3.05. The highest BCUT2D eigenvalue weighted by Crippen LogP contribution is 2.18. The largest absolute Gasteiger partial charge is 0.338 e. The summed E-state index contributed by atoms with van der Waals surface area (Å²) >= 11 is 0. The van der Waals surface area contributed by atoms with Gasteiger partial charge in [-0.25, -0.2) is 0 Å². The summed E-state index contributed by atoms with van der Waals surface area (Å²) in [6.45, 7) is 0. The van der Waals surface area contributed by atoms with Gasteiger partial charge in [0.15, 0.2) is 9.83 Å². The van der Waals surface area contributed by atoms with Crippen LogP contribution in [0, 0.1) is 0 Å². The highest BCUT2D eigenvalue weighted by molar-refractivity contribution is 9.02. The summed E-state index contributed by atoms with van der Waals surface area (Å²) in [6, 6.07) is 0. The summed E-state index contributed by atoms with van der Waals surface area (Å²) in [7, 11) is -8.67. The second-order valence-corrected chi connectivity index (χ2v) is 7.33. The van der Waals surface area contributed by atoms with E-state index in [4.69, 9.17) is 4.55 Å². The van der Waals surface area contributed by atoms with Crippen LogP contribution in [-0.2, 0) is 22.5 Å². The van der Waals surface area contributed by atoms with E-state index in [0.29, 0.717) is 0 Å². The van der Waals surface area contributed by atoms with Gasteiger partial charge in [0.1, 0.15) is 0 Å². The Morgan fingerprint density at radius 3 is 1.80 bits per heavy atom. The Kier molecular flexibility index (Phi) is 3.10. The van der Waals surface area contributed by atoms with Crippen molar-refractivity contribution in [3.05, 3.63) is 0 Å². The lowest BCUT2D eigenvalue weighted by Crippen LogP contribution is -2.01. The quantitative estimate of drug-likeness (QED) is 0.489. The first kappa shape index (κ1) is 10.2. The van der Waals surface area contributed by atoms with Crippen LogP contribution in [0.4, 0.5) is 0 Å². The minimum absolute atomic E-state index is 0.663. The molecule has 10 heavy (non-hydrogen) atoms. The van der Waals surface area contributed by atoms with Gasteiger partial charge in [0.05, 0.1) is 7.11 Å². The van der Waals surface area contributed by atoms with Gasteiger partial charge in [-0.05, 0) is 0 Å². The van der Waals surface area contributed by atoms with Crippen molar-refractivity contribution < 1.29 is 25.6 Å². The topological polar surface area (TPSA) is 97.7 Å². The molecule has 62 valence electrons. The van der Waals surface area contributed by atoms with Crippen LogP contribution < -0.4 is 0 Å². The van der Waals surface area contributed by atoms with E-state index in [1.165, 1.54) is 0 Å². The Morgan fingerprint density at radius 1 is 1.30 bits per heavy atom. The van der Waals surface area contributed by atoms with E-state index in [1.54, 1.807) is 0 Å². The van der Waals surface area contributed by atoms with Crippen LogP contribution in [0.5, 0.6) is 0 Å². The zero-order valence-corrected chi connectivity index (χ0v) is 7.16. The summed E-state index contributed by atoms with van der Waals surface area (Å²) < 4.78 is 51.8. The first-order chi connectivity index (χ1) is 4.27. The van der Waals surface area contributed by atoms with Crippen LogP contribution in [-0.4, -0.2) is 28.5 Å². The third-order valence-corrected chi connectivity index (χ3v) is 5.59. The summed E-state index contributed by atoms with van der Waals surface area (Å²) in [6.07, 6.45) is 0. The van der Waals surface area contributed by atoms with Gasteiger partial charge >= 0.3 is 18.3 Å². The number of rotatable bonds is 3. The summed E-state index contributed by atoms with van der Waals surface area (Å²) in [5.74, 6) is 0. The molecule has 0 atom stereocenters. The third kappa shape index (κ3) is 4.99. The van der Waals surface area contributed by atoms with Gasteiger partial charge < -0.3 is 0 Å². The molecule has 0 aliphatic rings. The lowest BCUT2D eigenvalue weighted by molar-refractivity contribution is 0.413. The van der Waals surface area contributed by atoms with E-state index in [2.05, 4.69) is 4.18 Å². The van der Waals surface area contributed by atoms with Crippen molar-refractivity contribution in [3.8, 4) is 0 Å². The molecule has 0 saturated carbocycles. The van der Waals surface area contributed by atoms with Crippen molar-refractivity contribution >= 4 is 28.1 Å². The lowest BCUT2D eigenvalue weighted by Gasteiger charge is -1.93. The Labute approximate surface area is 61.2 Å². The Balaban J connectivity index is 4.49.